The number of halogens is 2. The molecule has 0 aromatic carbocycles. The molecule has 18 heavy (non-hydrogen) atoms. The van der Waals surface area contributed by atoms with Crippen molar-refractivity contribution < 1.29 is 0 Å². The van der Waals surface area contributed by atoms with Crippen LogP contribution in [0.15, 0.2) is 6.07 Å². The lowest BCUT2D eigenvalue weighted by Crippen LogP contribution is -2.39. The highest BCUT2D eigenvalue weighted by Crippen LogP contribution is 2.50. The second-order valence-electron chi connectivity index (χ2n) is 5.76. The van der Waals surface area contributed by atoms with E-state index in [2.05, 4.69) is 0 Å². The Bertz CT molecular complexity index is 409. The smallest absolute Gasteiger partial charge is 0.0991 e. The van der Waals surface area contributed by atoms with E-state index in [0.29, 0.717) is 5.92 Å². The molecule has 4 heteroatoms. The van der Waals surface area contributed by atoms with Crippen LogP contribution in [0.2, 0.25) is 8.67 Å². The molecule has 2 fully saturated rings. The Morgan fingerprint density at radius 2 is 1.67 bits per heavy atom. The Morgan fingerprint density at radius 1 is 1.11 bits per heavy atom. The molecular formula is C14H19Cl2NS. The molecule has 3 rings (SSSR count). The average molecular weight is 304 g/mol. The van der Waals surface area contributed by atoms with Gasteiger partial charge in [0.1, 0.15) is 0 Å². The van der Waals surface area contributed by atoms with Gasteiger partial charge in [0.25, 0.3) is 0 Å². The number of hydrogen-bond acceptors (Lipinski definition) is 2. The van der Waals surface area contributed by atoms with E-state index < -0.39 is 0 Å². The van der Waals surface area contributed by atoms with E-state index >= 15 is 0 Å². The quantitative estimate of drug-likeness (QED) is 0.805. The molecule has 100 valence electrons. The van der Waals surface area contributed by atoms with E-state index in [1.807, 2.05) is 6.07 Å². The lowest BCUT2D eigenvalue weighted by Gasteiger charge is -2.45. The van der Waals surface area contributed by atoms with E-state index in [0.717, 1.165) is 26.1 Å². The molecule has 0 saturated heterocycles. The molecule has 1 atom stereocenters. The normalized spacial score (nSPS) is 22.9. The number of nitrogens with two attached hydrogens (primary N) is 1. The van der Waals surface area contributed by atoms with Gasteiger partial charge in [-0.3, -0.25) is 0 Å². The molecule has 2 aliphatic rings. The lowest BCUT2D eigenvalue weighted by atomic mass is 9.61. The second-order valence-corrected chi connectivity index (χ2v) is 8.05. The Kier molecular flexibility index (Phi) is 3.91. The van der Waals surface area contributed by atoms with E-state index in [4.69, 9.17) is 28.9 Å². The molecule has 1 aromatic rings. The Morgan fingerprint density at radius 3 is 2.00 bits per heavy atom. The summed E-state index contributed by atoms with van der Waals surface area (Å²) in [5.41, 5.74) is 7.62. The van der Waals surface area contributed by atoms with Gasteiger partial charge in [0.2, 0.25) is 0 Å². The van der Waals surface area contributed by atoms with Gasteiger partial charge in [-0.1, -0.05) is 61.7 Å². The second kappa shape index (κ2) is 5.32. The van der Waals surface area contributed by atoms with Gasteiger partial charge in [-0.05, 0) is 23.8 Å². The topological polar surface area (TPSA) is 26.0 Å². The Hall–Kier alpha value is 0.240. The van der Waals surface area contributed by atoms with Gasteiger partial charge in [-0.25, -0.2) is 0 Å². The maximum Gasteiger partial charge on any atom is 0.0991 e. The van der Waals surface area contributed by atoms with Crippen molar-refractivity contribution in [3.63, 3.8) is 0 Å². The van der Waals surface area contributed by atoms with Crippen LogP contribution in [0.25, 0.3) is 0 Å². The Labute approximate surface area is 123 Å². The van der Waals surface area contributed by atoms with Gasteiger partial charge in [0.05, 0.1) is 8.67 Å². The zero-order chi connectivity index (χ0) is 12.7. The first kappa shape index (κ1) is 13.2. The first-order valence-electron chi connectivity index (χ1n) is 6.87. The third kappa shape index (κ3) is 2.33. The molecule has 2 N–H and O–H groups in total. The minimum Gasteiger partial charge on any atom is -0.324 e. The molecule has 0 spiro atoms. The molecule has 1 nitrogen and oxygen atoms in total. The molecule has 1 aromatic heterocycles. The van der Waals surface area contributed by atoms with Crippen LogP contribution in [-0.2, 0) is 0 Å². The number of thiophene rings is 1. The monoisotopic (exact) mass is 303 g/mol. The minimum absolute atomic E-state index is 0.0804. The van der Waals surface area contributed by atoms with Crippen LogP contribution >= 0.6 is 34.5 Å². The van der Waals surface area contributed by atoms with Crippen LogP contribution in [-0.4, -0.2) is 0 Å². The van der Waals surface area contributed by atoms with Gasteiger partial charge in [0, 0.05) is 11.6 Å². The van der Waals surface area contributed by atoms with Crippen molar-refractivity contribution in [2.75, 3.05) is 0 Å². The van der Waals surface area contributed by atoms with Crippen molar-refractivity contribution in [3.05, 3.63) is 20.3 Å². The van der Waals surface area contributed by atoms with Crippen LogP contribution in [0.1, 0.15) is 50.1 Å². The summed E-state index contributed by atoms with van der Waals surface area (Å²) in [7, 11) is 0. The molecule has 0 radical (unpaired) electrons. The predicted octanol–water partition coefficient (Wildman–Crippen LogP) is 5.27. The summed E-state index contributed by atoms with van der Waals surface area (Å²) in [6, 6.07) is 2.06. The molecule has 0 aliphatic heterocycles. The SMILES string of the molecule is NC(c1cc(Cl)sc1Cl)C(C1CCC1)C1CCC1. The summed E-state index contributed by atoms with van der Waals surface area (Å²) in [5.74, 6) is 2.26. The summed E-state index contributed by atoms with van der Waals surface area (Å²) >= 11 is 13.8. The molecular weight excluding hydrogens is 285 g/mol. The van der Waals surface area contributed by atoms with Crippen LogP contribution in [0, 0.1) is 17.8 Å². The van der Waals surface area contributed by atoms with Crippen molar-refractivity contribution in [3.8, 4) is 0 Å². The maximum atomic E-state index is 6.54. The molecule has 1 unspecified atom stereocenters. The van der Waals surface area contributed by atoms with Crippen LogP contribution in [0.5, 0.6) is 0 Å². The summed E-state index contributed by atoms with van der Waals surface area (Å²) in [6.45, 7) is 0. The number of hydrogen-bond donors (Lipinski definition) is 1. The highest BCUT2D eigenvalue weighted by Gasteiger charge is 2.40. The van der Waals surface area contributed by atoms with Gasteiger partial charge in [-0.2, -0.15) is 0 Å². The molecule has 0 amide bonds. The first-order valence-corrected chi connectivity index (χ1v) is 8.44. The molecule has 1 heterocycles. The minimum atomic E-state index is 0.0804. The fourth-order valence-electron chi connectivity index (χ4n) is 3.41. The molecule has 0 bridgehead atoms. The lowest BCUT2D eigenvalue weighted by molar-refractivity contribution is 0.0714. The van der Waals surface area contributed by atoms with E-state index in [1.54, 1.807) is 0 Å². The average Bonchev–Trinajstić information content (AvgIpc) is 2.50. The zero-order valence-electron chi connectivity index (χ0n) is 10.4. The highest BCUT2D eigenvalue weighted by molar-refractivity contribution is 7.20. The third-order valence-corrected chi connectivity index (χ3v) is 6.36. The van der Waals surface area contributed by atoms with E-state index in [1.165, 1.54) is 49.9 Å². The van der Waals surface area contributed by atoms with Crippen molar-refractivity contribution in [1.29, 1.82) is 0 Å². The van der Waals surface area contributed by atoms with Crippen LogP contribution < -0.4 is 5.73 Å². The van der Waals surface area contributed by atoms with Crippen molar-refractivity contribution in [2.45, 2.75) is 44.6 Å². The van der Waals surface area contributed by atoms with E-state index in [-0.39, 0.29) is 6.04 Å². The first-order chi connectivity index (χ1) is 8.66. The van der Waals surface area contributed by atoms with Crippen molar-refractivity contribution >= 4 is 34.5 Å². The van der Waals surface area contributed by atoms with Crippen LogP contribution in [0.4, 0.5) is 0 Å². The maximum absolute atomic E-state index is 6.54. The Balaban J connectivity index is 1.82. The summed E-state index contributed by atoms with van der Waals surface area (Å²) in [4.78, 5) is 0. The van der Waals surface area contributed by atoms with Crippen molar-refractivity contribution in [1.82, 2.24) is 0 Å². The largest absolute Gasteiger partial charge is 0.324 e. The van der Waals surface area contributed by atoms with Crippen LogP contribution in [0.3, 0.4) is 0 Å². The number of rotatable bonds is 4. The molecule has 2 aliphatic carbocycles. The standard InChI is InChI=1S/C14H19Cl2NS/c15-11-7-10(14(16)18-11)13(17)12(8-3-1-4-8)9-5-2-6-9/h7-9,12-13H,1-6,17H2. The van der Waals surface area contributed by atoms with Gasteiger partial charge >= 0.3 is 0 Å². The highest BCUT2D eigenvalue weighted by atomic mass is 35.5. The van der Waals surface area contributed by atoms with Gasteiger partial charge < -0.3 is 5.73 Å². The zero-order valence-corrected chi connectivity index (χ0v) is 12.7. The summed E-state index contributed by atoms with van der Waals surface area (Å²) in [5, 5.41) is 0. The van der Waals surface area contributed by atoms with Crippen molar-refractivity contribution in [2.24, 2.45) is 23.5 Å². The third-order valence-electron chi connectivity index (χ3n) is 4.85. The fourth-order valence-corrected chi connectivity index (χ4v) is 4.98. The fraction of sp³-hybridized carbons (Fsp3) is 0.714. The van der Waals surface area contributed by atoms with Gasteiger partial charge in [-0.15, -0.1) is 11.3 Å². The summed E-state index contributed by atoms with van der Waals surface area (Å²) < 4.78 is 1.54. The molecule has 2 saturated carbocycles. The van der Waals surface area contributed by atoms with Gasteiger partial charge in [0.15, 0.2) is 0 Å². The predicted molar refractivity (Wildman–Crippen MR) is 79.4 cm³/mol. The van der Waals surface area contributed by atoms with E-state index in [9.17, 15) is 0 Å². The summed E-state index contributed by atoms with van der Waals surface area (Å²) in [6.07, 6.45) is 8.15.